The Morgan fingerprint density at radius 3 is 2.60 bits per heavy atom. The zero-order chi connectivity index (χ0) is 15.3. The van der Waals surface area contributed by atoms with E-state index in [1.165, 1.54) is 0 Å². The van der Waals surface area contributed by atoms with Crippen molar-refractivity contribution in [1.29, 1.82) is 0 Å². The van der Waals surface area contributed by atoms with E-state index in [1.54, 1.807) is 46.1 Å². The number of ether oxygens (including phenoxy) is 2. The third-order valence-corrected chi connectivity index (χ3v) is 2.48. The van der Waals surface area contributed by atoms with Crippen LogP contribution in [0.25, 0.3) is 0 Å². The lowest BCUT2D eigenvalue weighted by Gasteiger charge is -2.17. The number of rotatable bonds is 3. The number of amidine groups is 1. The molecule has 0 saturated carbocycles. The fourth-order valence-corrected chi connectivity index (χ4v) is 1.72. The number of carbonyl (C=O) groups excluding carboxylic acids is 1. The van der Waals surface area contributed by atoms with E-state index in [1.807, 2.05) is 0 Å². The van der Waals surface area contributed by atoms with Gasteiger partial charge < -0.3 is 15.2 Å². The summed E-state index contributed by atoms with van der Waals surface area (Å²) in [4.78, 5) is 15.2. The second-order valence-corrected chi connectivity index (χ2v) is 5.65. The van der Waals surface area contributed by atoms with Crippen LogP contribution in [0, 0.1) is 0 Å². The third-order valence-electron chi connectivity index (χ3n) is 2.24. The van der Waals surface area contributed by atoms with Crippen LogP contribution < -0.4 is 10.5 Å². The van der Waals surface area contributed by atoms with Gasteiger partial charge in [-0.2, -0.15) is 4.99 Å². The summed E-state index contributed by atoms with van der Waals surface area (Å²) >= 11 is 5.92. The lowest BCUT2D eigenvalue weighted by Crippen LogP contribution is -2.24. The molecule has 0 spiro atoms. The molecule has 1 aromatic carbocycles. The number of hydrogen-bond acceptors (Lipinski definition) is 3. The Balaban J connectivity index is 2.82. The molecule has 20 heavy (non-hydrogen) atoms. The number of aliphatic imine (C=N–C) groups is 1. The van der Waals surface area contributed by atoms with Crippen LogP contribution in [-0.2, 0) is 11.2 Å². The van der Waals surface area contributed by atoms with Crippen LogP contribution in [0.2, 0.25) is 5.02 Å². The predicted molar refractivity (Wildman–Crippen MR) is 79.6 cm³/mol. The number of benzene rings is 1. The van der Waals surface area contributed by atoms with Crippen molar-refractivity contribution in [3.63, 3.8) is 0 Å². The number of nitrogens with zero attached hydrogens (tertiary/aromatic N) is 1. The molecule has 0 bridgehead atoms. The third kappa shape index (κ3) is 5.48. The Morgan fingerprint density at radius 1 is 1.40 bits per heavy atom. The molecular formula is C14H19ClN2O3. The van der Waals surface area contributed by atoms with Gasteiger partial charge in [-0.1, -0.05) is 11.6 Å². The summed E-state index contributed by atoms with van der Waals surface area (Å²) in [7, 11) is 1.55. The quantitative estimate of drug-likeness (QED) is 0.687. The molecule has 0 aromatic heterocycles. The Morgan fingerprint density at radius 2 is 2.05 bits per heavy atom. The van der Waals surface area contributed by atoms with Gasteiger partial charge in [0.15, 0.2) is 0 Å². The maximum Gasteiger partial charge on any atom is 0.435 e. The highest BCUT2D eigenvalue weighted by molar-refractivity contribution is 6.30. The Bertz CT molecular complexity index is 522. The van der Waals surface area contributed by atoms with E-state index < -0.39 is 11.7 Å². The molecule has 5 nitrogen and oxygen atoms in total. The molecule has 0 aliphatic carbocycles. The first kappa shape index (κ1) is 16.3. The zero-order valence-corrected chi connectivity index (χ0v) is 12.8. The topological polar surface area (TPSA) is 73.9 Å². The van der Waals surface area contributed by atoms with Gasteiger partial charge in [-0.25, -0.2) is 4.79 Å². The molecular weight excluding hydrogens is 280 g/mol. The van der Waals surface area contributed by atoms with Crippen molar-refractivity contribution in [3.05, 3.63) is 28.8 Å². The van der Waals surface area contributed by atoms with Crippen molar-refractivity contribution < 1.29 is 14.3 Å². The molecule has 6 heteroatoms. The van der Waals surface area contributed by atoms with E-state index in [9.17, 15) is 4.79 Å². The summed E-state index contributed by atoms with van der Waals surface area (Å²) in [6, 6.07) is 5.17. The maximum absolute atomic E-state index is 11.5. The van der Waals surface area contributed by atoms with E-state index >= 15 is 0 Å². The molecule has 0 heterocycles. The van der Waals surface area contributed by atoms with Gasteiger partial charge in [0.25, 0.3) is 0 Å². The number of carbonyl (C=O) groups is 1. The molecule has 0 atom stereocenters. The summed E-state index contributed by atoms with van der Waals surface area (Å²) in [6.45, 7) is 5.28. The molecule has 1 rings (SSSR count). The van der Waals surface area contributed by atoms with Crippen molar-refractivity contribution in [2.24, 2.45) is 10.7 Å². The van der Waals surface area contributed by atoms with E-state index in [0.717, 1.165) is 5.56 Å². The van der Waals surface area contributed by atoms with E-state index in [-0.39, 0.29) is 12.3 Å². The smallest absolute Gasteiger partial charge is 0.435 e. The summed E-state index contributed by atoms with van der Waals surface area (Å²) < 4.78 is 10.3. The average molecular weight is 299 g/mol. The van der Waals surface area contributed by atoms with Crippen molar-refractivity contribution in [2.45, 2.75) is 32.8 Å². The summed E-state index contributed by atoms with van der Waals surface area (Å²) in [5.41, 5.74) is 5.90. The predicted octanol–water partition coefficient (Wildman–Crippen LogP) is 3.18. The van der Waals surface area contributed by atoms with Gasteiger partial charge in [0.05, 0.1) is 7.11 Å². The lowest BCUT2D eigenvalue weighted by atomic mass is 10.1. The lowest BCUT2D eigenvalue weighted by molar-refractivity contribution is 0.0604. The van der Waals surface area contributed by atoms with Gasteiger partial charge in [0.2, 0.25) is 0 Å². The molecule has 0 radical (unpaired) electrons. The summed E-state index contributed by atoms with van der Waals surface area (Å²) in [5, 5.41) is 0.561. The maximum atomic E-state index is 11.5. The van der Waals surface area contributed by atoms with Gasteiger partial charge in [-0.3, -0.25) is 0 Å². The molecule has 0 unspecified atom stereocenters. The molecule has 1 aromatic rings. The Kier molecular flexibility index (Phi) is 5.39. The number of hydrogen-bond donors (Lipinski definition) is 1. The fourth-order valence-electron chi connectivity index (χ4n) is 1.52. The van der Waals surface area contributed by atoms with Crippen LogP contribution in [0.3, 0.4) is 0 Å². The molecule has 2 N–H and O–H groups in total. The highest BCUT2D eigenvalue weighted by Gasteiger charge is 2.16. The van der Waals surface area contributed by atoms with Crippen LogP contribution in [0.4, 0.5) is 4.79 Å². The Hall–Kier alpha value is -1.75. The van der Waals surface area contributed by atoms with Crippen LogP contribution >= 0.6 is 11.6 Å². The fraction of sp³-hybridized carbons (Fsp3) is 0.429. The van der Waals surface area contributed by atoms with E-state index in [4.69, 9.17) is 26.8 Å². The Labute approximate surface area is 123 Å². The second-order valence-electron chi connectivity index (χ2n) is 5.22. The van der Waals surface area contributed by atoms with Crippen molar-refractivity contribution in [2.75, 3.05) is 7.11 Å². The minimum atomic E-state index is -0.712. The molecule has 0 aliphatic rings. The van der Waals surface area contributed by atoms with Gasteiger partial charge in [0.1, 0.15) is 17.2 Å². The molecule has 0 aliphatic heterocycles. The van der Waals surface area contributed by atoms with Gasteiger partial charge in [-0.15, -0.1) is 0 Å². The minimum Gasteiger partial charge on any atom is -0.496 e. The molecule has 110 valence electrons. The largest absolute Gasteiger partial charge is 0.496 e. The first-order valence-corrected chi connectivity index (χ1v) is 6.47. The monoisotopic (exact) mass is 298 g/mol. The van der Waals surface area contributed by atoms with Gasteiger partial charge in [-0.05, 0) is 39.0 Å². The molecule has 0 saturated heterocycles. The number of nitrogens with two attached hydrogens (primary N) is 1. The molecule has 1 amide bonds. The van der Waals surface area contributed by atoms with E-state index in [0.29, 0.717) is 10.8 Å². The average Bonchev–Trinajstić information content (AvgIpc) is 2.26. The second kappa shape index (κ2) is 6.61. The van der Waals surface area contributed by atoms with Crippen LogP contribution in [0.15, 0.2) is 23.2 Å². The SMILES string of the molecule is COc1ccc(Cl)cc1C/C(N)=N/C(=O)OC(C)(C)C. The van der Waals surface area contributed by atoms with Crippen molar-refractivity contribution in [1.82, 2.24) is 0 Å². The van der Waals surface area contributed by atoms with Crippen LogP contribution in [0.5, 0.6) is 5.75 Å². The zero-order valence-electron chi connectivity index (χ0n) is 12.1. The summed E-state index contributed by atoms with van der Waals surface area (Å²) in [6.07, 6.45) is -0.459. The van der Waals surface area contributed by atoms with Crippen molar-refractivity contribution >= 4 is 23.5 Å². The van der Waals surface area contributed by atoms with Crippen LogP contribution in [0.1, 0.15) is 26.3 Å². The molecule has 0 fully saturated rings. The van der Waals surface area contributed by atoms with Crippen LogP contribution in [-0.4, -0.2) is 24.6 Å². The normalized spacial score (nSPS) is 12.2. The number of amides is 1. The first-order valence-electron chi connectivity index (χ1n) is 6.09. The standard InChI is InChI=1S/C14H19ClN2O3/c1-14(2,3)20-13(18)17-12(16)8-9-7-10(15)5-6-11(9)19-4/h5-7H,8H2,1-4H3,(H2,16,17,18). The van der Waals surface area contributed by atoms with Gasteiger partial charge in [0, 0.05) is 17.0 Å². The minimum absolute atomic E-state index is 0.139. The highest BCUT2D eigenvalue weighted by Crippen LogP contribution is 2.23. The van der Waals surface area contributed by atoms with Crippen molar-refractivity contribution in [3.8, 4) is 5.75 Å². The van der Waals surface area contributed by atoms with Gasteiger partial charge >= 0.3 is 6.09 Å². The van der Waals surface area contributed by atoms with E-state index in [2.05, 4.69) is 4.99 Å². The number of methoxy groups -OCH3 is 1. The first-order chi connectivity index (χ1) is 9.21. The number of halogens is 1. The highest BCUT2D eigenvalue weighted by atomic mass is 35.5. The summed E-state index contributed by atoms with van der Waals surface area (Å²) in [5.74, 6) is 0.775.